The molecular weight excluding hydrogens is 414 g/mol. The molecule has 0 saturated carbocycles. The number of halogens is 1. The van der Waals surface area contributed by atoms with Crippen LogP contribution in [0, 0.1) is 10.1 Å². The van der Waals surface area contributed by atoms with Gasteiger partial charge in [0.2, 0.25) is 0 Å². The lowest BCUT2D eigenvalue weighted by atomic mass is 10.0. The van der Waals surface area contributed by atoms with Gasteiger partial charge in [-0.25, -0.2) is 4.79 Å². The first-order valence-electron chi connectivity index (χ1n) is 9.49. The second-order valence-electron chi connectivity index (χ2n) is 7.87. The van der Waals surface area contributed by atoms with E-state index < -0.39 is 16.6 Å². The zero-order chi connectivity index (χ0) is 20.6. The van der Waals surface area contributed by atoms with Gasteiger partial charge in [-0.1, -0.05) is 30.3 Å². The van der Waals surface area contributed by atoms with Crippen LogP contribution >= 0.6 is 12.4 Å². The number of carboxylic acid groups (broad SMARTS) is 1. The van der Waals surface area contributed by atoms with Crippen LogP contribution in [0.3, 0.4) is 0 Å². The largest absolute Gasteiger partial charge is 0.465 e. The summed E-state index contributed by atoms with van der Waals surface area (Å²) in [4.78, 5) is 29.7. The number of nitrogens with zero attached hydrogens (tertiary/aromatic N) is 5. The fraction of sp³-hybridized carbons (Fsp3) is 0.474. The van der Waals surface area contributed by atoms with Crippen LogP contribution in [0.1, 0.15) is 12.5 Å². The first-order chi connectivity index (χ1) is 13.8. The van der Waals surface area contributed by atoms with Crippen LogP contribution in [-0.2, 0) is 13.0 Å². The number of aromatic nitrogens is 2. The average Bonchev–Trinajstić information content (AvgIpc) is 3.17. The lowest BCUT2D eigenvalue weighted by molar-refractivity contribution is -0.389. The van der Waals surface area contributed by atoms with E-state index in [1.165, 1.54) is 11.1 Å². The molecule has 1 fully saturated rings. The average molecular weight is 438 g/mol. The lowest BCUT2D eigenvalue weighted by Gasteiger charge is -2.42. The number of hydrogen-bond donors (Lipinski definition) is 1. The van der Waals surface area contributed by atoms with E-state index in [-0.39, 0.29) is 30.3 Å². The highest BCUT2D eigenvalue weighted by molar-refractivity contribution is 5.85. The van der Waals surface area contributed by atoms with E-state index in [1.54, 1.807) is 4.57 Å². The van der Waals surface area contributed by atoms with Gasteiger partial charge in [-0.15, -0.1) is 12.4 Å². The number of imidazole rings is 1. The molecule has 2 aliphatic rings. The van der Waals surface area contributed by atoms with E-state index in [4.69, 9.17) is 4.74 Å². The molecule has 0 spiro atoms. The summed E-state index contributed by atoms with van der Waals surface area (Å²) in [5.74, 6) is -0.222. The van der Waals surface area contributed by atoms with Gasteiger partial charge in [0, 0.05) is 31.2 Å². The Kier molecular flexibility index (Phi) is 6.18. The molecule has 1 saturated heterocycles. The molecular formula is C19H24ClN5O5. The van der Waals surface area contributed by atoms with Crippen molar-refractivity contribution in [1.82, 2.24) is 19.4 Å². The number of amides is 1. The van der Waals surface area contributed by atoms with E-state index in [1.807, 2.05) is 37.3 Å². The van der Waals surface area contributed by atoms with Gasteiger partial charge in [-0.05, 0) is 23.8 Å². The van der Waals surface area contributed by atoms with Gasteiger partial charge < -0.3 is 24.9 Å². The lowest BCUT2D eigenvalue weighted by Crippen LogP contribution is -2.58. The molecule has 11 heteroatoms. The van der Waals surface area contributed by atoms with Crippen LogP contribution in [0.4, 0.5) is 10.6 Å². The molecule has 1 amide bonds. The van der Waals surface area contributed by atoms with Crippen molar-refractivity contribution in [3.63, 3.8) is 0 Å². The summed E-state index contributed by atoms with van der Waals surface area (Å²) in [5, 5.41) is 20.5. The number of piperazine rings is 1. The monoisotopic (exact) mass is 437 g/mol. The summed E-state index contributed by atoms with van der Waals surface area (Å²) in [6, 6.07) is 9.97. The maximum Gasteiger partial charge on any atom is 0.415 e. The van der Waals surface area contributed by atoms with Crippen LogP contribution < -0.4 is 4.74 Å². The highest BCUT2D eigenvalue weighted by atomic mass is 35.5. The molecule has 4 rings (SSSR count). The quantitative estimate of drug-likeness (QED) is 0.563. The van der Waals surface area contributed by atoms with Crippen LogP contribution in [0.5, 0.6) is 6.01 Å². The van der Waals surface area contributed by atoms with E-state index in [9.17, 15) is 20.0 Å². The number of rotatable bonds is 5. The summed E-state index contributed by atoms with van der Waals surface area (Å²) in [7, 11) is 0. The third kappa shape index (κ3) is 4.49. The molecule has 2 atom stereocenters. The Bertz CT molecular complexity index is 898. The number of benzene rings is 1. The molecule has 2 aliphatic heterocycles. The van der Waals surface area contributed by atoms with Crippen LogP contribution in [0.15, 0.2) is 36.5 Å². The van der Waals surface area contributed by atoms with Gasteiger partial charge in [0.05, 0.1) is 12.6 Å². The molecule has 30 heavy (non-hydrogen) atoms. The van der Waals surface area contributed by atoms with E-state index >= 15 is 0 Å². The number of fused-ring (bicyclic) bond motifs is 1. The van der Waals surface area contributed by atoms with Gasteiger partial charge in [0.25, 0.3) is 0 Å². The van der Waals surface area contributed by atoms with Crippen molar-refractivity contribution in [2.24, 2.45) is 0 Å². The van der Waals surface area contributed by atoms with E-state index in [2.05, 4.69) is 9.88 Å². The molecule has 2 unspecified atom stereocenters. The molecule has 1 aromatic carbocycles. The second-order valence-corrected chi connectivity index (χ2v) is 7.87. The molecule has 10 nitrogen and oxygen atoms in total. The van der Waals surface area contributed by atoms with Crippen LogP contribution in [-0.4, -0.2) is 73.3 Å². The van der Waals surface area contributed by atoms with Crippen molar-refractivity contribution >= 4 is 24.3 Å². The van der Waals surface area contributed by atoms with Gasteiger partial charge in [-0.3, -0.25) is 9.47 Å². The van der Waals surface area contributed by atoms with Gasteiger partial charge in [0.15, 0.2) is 0 Å². The Labute approximate surface area is 179 Å². The van der Waals surface area contributed by atoms with Crippen LogP contribution in [0.25, 0.3) is 0 Å². The molecule has 2 aromatic rings. The third-order valence-electron chi connectivity index (χ3n) is 5.44. The fourth-order valence-corrected chi connectivity index (χ4v) is 4.21. The minimum absolute atomic E-state index is 0. The highest BCUT2D eigenvalue weighted by Gasteiger charge is 2.43. The summed E-state index contributed by atoms with van der Waals surface area (Å²) < 4.78 is 7.59. The number of nitro groups is 1. The Morgan fingerprint density at radius 2 is 2.10 bits per heavy atom. The van der Waals surface area contributed by atoms with Gasteiger partial charge >= 0.3 is 17.9 Å². The Balaban J connectivity index is 0.00000256. The molecule has 162 valence electrons. The number of hydrogen-bond acceptors (Lipinski definition) is 6. The predicted octanol–water partition coefficient (Wildman–Crippen LogP) is 2.27. The smallest absolute Gasteiger partial charge is 0.415 e. The Morgan fingerprint density at radius 1 is 1.37 bits per heavy atom. The minimum Gasteiger partial charge on any atom is -0.465 e. The Hall–Kier alpha value is -2.85. The van der Waals surface area contributed by atoms with Crippen molar-refractivity contribution in [1.29, 1.82) is 0 Å². The number of ether oxygens (including phenoxy) is 1. The molecule has 1 N–H and O–H groups in total. The van der Waals surface area contributed by atoms with Gasteiger partial charge in [0.1, 0.15) is 11.8 Å². The fourth-order valence-electron chi connectivity index (χ4n) is 4.21. The zero-order valence-electron chi connectivity index (χ0n) is 16.5. The maximum absolute atomic E-state index is 11.7. The SMILES string of the molecule is CC1(CN2CCN(C(=O)O)C(Cc3ccccc3)C2)Cn2cc([N+](=O)[O-])nc2O1.Cl. The summed E-state index contributed by atoms with van der Waals surface area (Å²) in [6.45, 7) is 4.64. The summed E-state index contributed by atoms with van der Waals surface area (Å²) in [5.41, 5.74) is 0.529. The van der Waals surface area contributed by atoms with Gasteiger partial charge in [-0.2, -0.15) is 0 Å². The van der Waals surface area contributed by atoms with Crippen molar-refractivity contribution in [2.75, 3.05) is 26.2 Å². The summed E-state index contributed by atoms with van der Waals surface area (Å²) in [6.07, 6.45) is 1.14. The normalized spacial score (nSPS) is 23.4. The second kappa shape index (κ2) is 8.49. The zero-order valence-corrected chi connectivity index (χ0v) is 17.3. The minimum atomic E-state index is -0.902. The molecule has 0 radical (unpaired) electrons. The third-order valence-corrected chi connectivity index (χ3v) is 5.44. The first kappa shape index (κ1) is 21.8. The van der Waals surface area contributed by atoms with Crippen molar-refractivity contribution in [2.45, 2.75) is 31.5 Å². The molecule has 1 aromatic heterocycles. The predicted molar refractivity (Wildman–Crippen MR) is 110 cm³/mol. The first-order valence-corrected chi connectivity index (χ1v) is 9.49. The molecule has 0 aliphatic carbocycles. The van der Waals surface area contributed by atoms with E-state index in [0.717, 1.165) is 5.56 Å². The highest BCUT2D eigenvalue weighted by Crippen LogP contribution is 2.32. The molecule has 3 heterocycles. The van der Waals surface area contributed by atoms with Crippen LogP contribution in [0.2, 0.25) is 0 Å². The van der Waals surface area contributed by atoms with E-state index in [0.29, 0.717) is 39.1 Å². The summed E-state index contributed by atoms with van der Waals surface area (Å²) >= 11 is 0. The Morgan fingerprint density at radius 3 is 2.73 bits per heavy atom. The van der Waals surface area contributed by atoms with Crippen molar-refractivity contribution < 1.29 is 19.6 Å². The standard InChI is InChI=1S/C19H23N5O5.ClH/c1-19(13-22-11-16(24(27)28)20-17(22)29-19)12-21-7-8-23(18(25)26)15(10-21)9-14-5-3-2-4-6-14;/h2-6,11,15H,7-10,12-13H2,1H3,(H,25,26);1H. The van der Waals surface area contributed by atoms with Crippen molar-refractivity contribution in [3.05, 3.63) is 52.2 Å². The van der Waals surface area contributed by atoms with Crippen molar-refractivity contribution in [3.8, 4) is 6.01 Å². The molecule has 0 bridgehead atoms. The number of carbonyl (C=O) groups is 1. The topological polar surface area (TPSA) is 114 Å². The maximum atomic E-state index is 11.7.